The van der Waals surface area contributed by atoms with Gasteiger partial charge in [-0.15, -0.1) is 0 Å². The van der Waals surface area contributed by atoms with Crippen molar-refractivity contribution in [1.82, 2.24) is 10.6 Å². The van der Waals surface area contributed by atoms with E-state index >= 15 is 0 Å². The minimum Gasteiger partial charge on any atom is -0.373 e. The van der Waals surface area contributed by atoms with Gasteiger partial charge in [0.15, 0.2) is 5.96 Å². The van der Waals surface area contributed by atoms with E-state index in [1.165, 1.54) is 24.8 Å². The van der Waals surface area contributed by atoms with Gasteiger partial charge in [-0.05, 0) is 24.8 Å². The van der Waals surface area contributed by atoms with E-state index < -0.39 is 0 Å². The Kier molecular flexibility index (Phi) is 7.23. The first-order valence-corrected chi connectivity index (χ1v) is 8.46. The number of aliphatic imine (C=N–C) groups is 1. The molecular formula is C18H29N3O. The van der Waals surface area contributed by atoms with Gasteiger partial charge in [-0.2, -0.15) is 0 Å². The Labute approximate surface area is 134 Å². The predicted octanol–water partition coefficient (Wildman–Crippen LogP) is 3.12. The third-order valence-corrected chi connectivity index (χ3v) is 4.15. The van der Waals surface area contributed by atoms with Crippen LogP contribution >= 0.6 is 0 Å². The summed E-state index contributed by atoms with van der Waals surface area (Å²) in [6.07, 6.45) is 4.88. The van der Waals surface area contributed by atoms with Crippen molar-refractivity contribution >= 4 is 5.96 Å². The molecule has 122 valence electrons. The second-order valence-corrected chi connectivity index (χ2v) is 5.84. The van der Waals surface area contributed by atoms with Crippen molar-refractivity contribution in [3.63, 3.8) is 0 Å². The molecule has 0 amide bonds. The second kappa shape index (κ2) is 9.46. The largest absolute Gasteiger partial charge is 0.373 e. The van der Waals surface area contributed by atoms with Crippen LogP contribution in [0, 0.1) is 5.92 Å². The van der Waals surface area contributed by atoms with Crippen LogP contribution in [0.5, 0.6) is 0 Å². The summed E-state index contributed by atoms with van der Waals surface area (Å²) in [7, 11) is 1.83. The molecule has 2 atom stereocenters. The van der Waals surface area contributed by atoms with Crippen LogP contribution in [0.3, 0.4) is 0 Å². The van der Waals surface area contributed by atoms with Gasteiger partial charge in [-0.3, -0.25) is 4.99 Å². The Hall–Kier alpha value is -1.55. The first kappa shape index (κ1) is 16.8. The van der Waals surface area contributed by atoms with E-state index in [-0.39, 0.29) is 6.10 Å². The highest BCUT2D eigenvalue weighted by Gasteiger charge is 2.27. The molecular weight excluding hydrogens is 274 g/mol. The quantitative estimate of drug-likeness (QED) is 0.482. The Morgan fingerprint density at radius 1 is 1.27 bits per heavy atom. The number of benzene rings is 1. The fraction of sp³-hybridized carbons (Fsp3) is 0.611. The summed E-state index contributed by atoms with van der Waals surface area (Å²) in [5, 5.41) is 6.82. The number of guanidine groups is 1. The van der Waals surface area contributed by atoms with E-state index in [0.717, 1.165) is 32.1 Å². The summed E-state index contributed by atoms with van der Waals surface area (Å²) < 4.78 is 6.04. The maximum atomic E-state index is 6.04. The normalized spacial score (nSPS) is 22.4. The smallest absolute Gasteiger partial charge is 0.190 e. The van der Waals surface area contributed by atoms with Crippen molar-refractivity contribution in [2.75, 3.05) is 26.7 Å². The first-order chi connectivity index (χ1) is 10.8. The highest BCUT2D eigenvalue weighted by Crippen LogP contribution is 2.32. The molecule has 2 rings (SSSR count). The maximum absolute atomic E-state index is 6.04. The Bertz CT molecular complexity index is 447. The van der Waals surface area contributed by atoms with Gasteiger partial charge in [0, 0.05) is 32.7 Å². The molecule has 0 aliphatic carbocycles. The standard InChI is InChI=1S/C18H29N3O/c1-3-4-12-20-18(19-2)21-14-16-11-8-13-22-17(16)15-9-6-5-7-10-15/h5-7,9-10,16-17H,3-4,8,11-14H2,1-2H3,(H2,19,20,21). The van der Waals surface area contributed by atoms with E-state index in [1.807, 2.05) is 7.05 Å². The summed E-state index contributed by atoms with van der Waals surface area (Å²) in [6, 6.07) is 10.6. The van der Waals surface area contributed by atoms with Crippen LogP contribution in [0.15, 0.2) is 35.3 Å². The highest BCUT2D eigenvalue weighted by molar-refractivity contribution is 5.79. The van der Waals surface area contributed by atoms with E-state index in [4.69, 9.17) is 4.74 Å². The number of hydrogen-bond acceptors (Lipinski definition) is 2. The number of unbranched alkanes of at least 4 members (excludes halogenated alkanes) is 1. The second-order valence-electron chi connectivity index (χ2n) is 5.84. The summed E-state index contributed by atoms with van der Waals surface area (Å²) in [4.78, 5) is 4.30. The van der Waals surface area contributed by atoms with Gasteiger partial charge in [0.05, 0.1) is 6.10 Å². The molecule has 1 fully saturated rings. The van der Waals surface area contributed by atoms with Crippen LogP contribution < -0.4 is 10.6 Å². The summed E-state index contributed by atoms with van der Waals surface area (Å²) >= 11 is 0. The minimum atomic E-state index is 0.191. The van der Waals surface area contributed by atoms with Crippen LogP contribution in [0.25, 0.3) is 0 Å². The van der Waals surface area contributed by atoms with E-state index in [2.05, 4.69) is 52.9 Å². The molecule has 0 spiro atoms. The van der Waals surface area contributed by atoms with Gasteiger partial charge in [0.2, 0.25) is 0 Å². The number of nitrogens with zero attached hydrogens (tertiary/aromatic N) is 1. The SMILES string of the molecule is CCCCNC(=NC)NCC1CCCOC1c1ccccc1. The third kappa shape index (κ3) is 5.02. The molecule has 1 aromatic rings. The monoisotopic (exact) mass is 303 g/mol. The van der Waals surface area contributed by atoms with Gasteiger partial charge >= 0.3 is 0 Å². The van der Waals surface area contributed by atoms with Crippen LogP contribution in [-0.4, -0.2) is 32.7 Å². The number of rotatable bonds is 6. The molecule has 4 nitrogen and oxygen atoms in total. The minimum absolute atomic E-state index is 0.191. The van der Waals surface area contributed by atoms with Gasteiger partial charge in [-0.25, -0.2) is 0 Å². The lowest BCUT2D eigenvalue weighted by Crippen LogP contribution is -2.42. The molecule has 0 aromatic heterocycles. The Morgan fingerprint density at radius 3 is 2.82 bits per heavy atom. The lowest BCUT2D eigenvalue weighted by Gasteiger charge is -2.32. The fourth-order valence-corrected chi connectivity index (χ4v) is 2.90. The molecule has 1 saturated heterocycles. The molecule has 0 radical (unpaired) electrons. The average molecular weight is 303 g/mol. The van der Waals surface area contributed by atoms with Gasteiger partial charge in [0.25, 0.3) is 0 Å². The zero-order valence-corrected chi connectivity index (χ0v) is 13.8. The highest BCUT2D eigenvalue weighted by atomic mass is 16.5. The van der Waals surface area contributed by atoms with Crippen LogP contribution in [0.2, 0.25) is 0 Å². The Balaban J connectivity index is 1.89. The van der Waals surface area contributed by atoms with Gasteiger partial charge < -0.3 is 15.4 Å². The van der Waals surface area contributed by atoms with E-state index in [9.17, 15) is 0 Å². The summed E-state index contributed by atoms with van der Waals surface area (Å²) in [5.41, 5.74) is 1.28. The van der Waals surface area contributed by atoms with Crippen LogP contribution in [-0.2, 0) is 4.74 Å². The molecule has 2 unspecified atom stereocenters. The van der Waals surface area contributed by atoms with Gasteiger partial charge in [-0.1, -0.05) is 43.7 Å². The molecule has 1 aromatic carbocycles. The molecule has 1 aliphatic heterocycles. The fourth-order valence-electron chi connectivity index (χ4n) is 2.90. The van der Waals surface area contributed by atoms with Crippen molar-refractivity contribution in [2.24, 2.45) is 10.9 Å². The van der Waals surface area contributed by atoms with Crippen LogP contribution in [0.4, 0.5) is 0 Å². The molecule has 1 heterocycles. The van der Waals surface area contributed by atoms with Crippen LogP contribution in [0.1, 0.15) is 44.3 Å². The first-order valence-electron chi connectivity index (χ1n) is 8.46. The van der Waals surface area contributed by atoms with Crippen molar-refractivity contribution in [3.8, 4) is 0 Å². The summed E-state index contributed by atoms with van der Waals surface area (Å²) in [6.45, 7) is 4.92. The molecule has 0 saturated carbocycles. The molecule has 2 N–H and O–H groups in total. The number of ether oxygens (including phenoxy) is 1. The lowest BCUT2D eigenvalue weighted by molar-refractivity contribution is -0.0265. The number of hydrogen-bond donors (Lipinski definition) is 2. The molecule has 22 heavy (non-hydrogen) atoms. The van der Waals surface area contributed by atoms with Crippen molar-refractivity contribution < 1.29 is 4.74 Å². The van der Waals surface area contributed by atoms with Crippen molar-refractivity contribution in [3.05, 3.63) is 35.9 Å². The van der Waals surface area contributed by atoms with Crippen molar-refractivity contribution in [1.29, 1.82) is 0 Å². The Morgan fingerprint density at radius 2 is 2.09 bits per heavy atom. The summed E-state index contributed by atoms with van der Waals surface area (Å²) in [5.74, 6) is 1.38. The number of nitrogens with one attached hydrogen (secondary N) is 2. The molecule has 1 aliphatic rings. The average Bonchev–Trinajstić information content (AvgIpc) is 2.59. The van der Waals surface area contributed by atoms with Gasteiger partial charge in [0.1, 0.15) is 0 Å². The molecule has 0 bridgehead atoms. The van der Waals surface area contributed by atoms with Crippen molar-refractivity contribution in [2.45, 2.75) is 38.7 Å². The maximum Gasteiger partial charge on any atom is 0.190 e. The zero-order chi connectivity index (χ0) is 15.6. The zero-order valence-electron chi connectivity index (χ0n) is 13.8. The van der Waals surface area contributed by atoms with E-state index in [0.29, 0.717) is 5.92 Å². The molecule has 4 heteroatoms. The topological polar surface area (TPSA) is 45.7 Å². The van der Waals surface area contributed by atoms with E-state index in [1.54, 1.807) is 0 Å². The third-order valence-electron chi connectivity index (χ3n) is 4.15. The predicted molar refractivity (Wildman–Crippen MR) is 92.1 cm³/mol. The lowest BCUT2D eigenvalue weighted by atomic mass is 9.89.